The first-order chi connectivity index (χ1) is 14.9. The molecule has 6 heteroatoms. The van der Waals surface area contributed by atoms with Gasteiger partial charge in [0.05, 0.1) is 5.69 Å². The van der Waals surface area contributed by atoms with Crippen LogP contribution in [0.4, 0.5) is 5.69 Å². The maximum Gasteiger partial charge on any atom is 0.342 e. The molecule has 0 saturated heterocycles. The highest BCUT2D eigenvalue weighted by molar-refractivity contribution is 6.04. The van der Waals surface area contributed by atoms with Crippen LogP contribution in [0.25, 0.3) is 0 Å². The number of hydrogen-bond acceptors (Lipinski definition) is 5. The Morgan fingerprint density at radius 2 is 1.58 bits per heavy atom. The lowest BCUT2D eigenvalue weighted by atomic mass is 10.1. The molecule has 0 bridgehead atoms. The van der Waals surface area contributed by atoms with E-state index in [1.807, 2.05) is 31.2 Å². The van der Waals surface area contributed by atoms with Gasteiger partial charge in [0.1, 0.15) is 17.9 Å². The number of benzene rings is 3. The zero-order valence-corrected chi connectivity index (χ0v) is 17.4. The second-order valence-electron chi connectivity index (χ2n) is 7.00. The topological polar surface area (TPSA) is 81.7 Å². The number of ether oxygens (including phenoxy) is 2. The van der Waals surface area contributed by atoms with E-state index in [4.69, 9.17) is 9.47 Å². The smallest absolute Gasteiger partial charge is 0.342 e. The van der Waals surface area contributed by atoms with Gasteiger partial charge in [-0.1, -0.05) is 54.1 Å². The van der Waals surface area contributed by atoms with Crippen LogP contribution in [-0.4, -0.2) is 24.3 Å². The summed E-state index contributed by atoms with van der Waals surface area (Å²) in [5, 5.41) is 2.60. The predicted molar refractivity (Wildman–Crippen MR) is 117 cm³/mol. The standard InChI is InChI=1S/C25H23NO5/c1-17-8-7-9-19(14-17)15-30-23-13-6-4-11-21(23)25(29)31-16-24(28)26-22-12-5-3-10-20(22)18(2)27/h3-14H,15-16H2,1-2H3,(H,26,28). The first-order valence-electron chi connectivity index (χ1n) is 9.78. The Bertz CT molecular complexity index is 1110. The van der Waals surface area contributed by atoms with Gasteiger partial charge in [-0.05, 0) is 43.7 Å². The Morgan fingerprint density at radius 1 is 0.871 bits per heavy atom. The number of Topliss-reactive ketones (excluding diaryl/α,β-unsaturated/α-hetero) is 1. The van der Waals surface area contributed by atoms with E-state index in [9.17, 15) is 14.4 Å². The van der Waals surface area contributed by atoms with Gasteiger partial charge in [-0.2, -0.15) is 0 Å². The molecule has 0 aliphatic rings. The quantitative estimate of drug-likeness (QED) is 0.429. The number of anilines is 1. The molecule has 3 rings (SSSR count). The lowest BCUT2D eigenvalue weighted by Crippen LogP contribution is -2.22. The molecule has 1 amide bonds. The molecule has 0 spiro atoms. The average molecular weight is 417 g/mol. The fraction of sp³-hybridized carbons (Fsp3) is 0.160. The molecule has 31 heavy (non-hydrogen) atoms. The van der Waals surface area contributed by atoms with Crippen LogP contribution in [0.15, 0.2) is 72.8 Å². The first-order valence-corrected chi connectivity index (χ1v) is 9.78. The van der Waals surface area contributed by atoms with Gasteiger partial charge < -0.3 is 14.8 Å². The average Bonchev–Trinajstić information content (AvgIpc) is 2.76. The van der Waals surface area contributed by atoms with E-state index in [0.717, 1.165) is 11.1 Å². The van der Waals surface area contributed by atoms with E-state index in [-0.39, 0.29) is 11.3 Å². The molecule has 1 N–H and O–H groups in total. The van der Waals surface area contributed by atoms with E-state index in [1.165, 1.54) is 6.92 Å². The third kappa shape index (κ3) is 6.02. The van der Waals surface area contributed by atoms with Gasteiger partial charge in [0.15, 0.2) is 12.4 Å². The number of rotatable bonds is 8. The monoisotopic (exact) mass is 417 g/mol. The summed E-state index contributed by atoms with van der Waals surface area (Å²) in [4.78, 5) is 36.4. The highest BCUT2D eigenvalue weighted by atomic mass is 16.5. The fourth-order valence-electron chi connectivity index (χ4n) is 3.02. The van der Waals surface area contributed by atoms with Crippen molar-refractivity contribution in [3.8, 4) is 5.75 Å². The predicted octanol–water partition coefficient (Wildman–Crippen LogP) is 4.57. The number of amides is 1. The number of carbonyl (C=O) groups is 3. The normalized spacial score (nSPS) is 10.3. The zero-order valence-electron chi connectivity index (χ0n) is 17.4. The van der Waals surface area contributed by atoms with Gasteiger partial charge >= 0.3 is 5.97 Å². The molecule has 3 aromatic carbocycles. The van der Waals surface area contributed by atoms with E-state index in [2.05, 4.69) is 5.32 Å². The molecule has 0 radical (unpaired) electrons. The minimum Gasteiger partial charge on any atom is -0.488 e. The van der Waals surface area contributed by atoms with Gasteiger partial charge in [0.2, 0.25) is 0 Å². The summed E-state index contributed by atoms with van der Waals surface area (Å²) in [5.74, 6) is -1.01. The Balaban J connectivity index is 1.61. The lowest BCUT2D eigenvalue weighted by molar-refractivity contribution is -0.119. The zero-order chi connectivity index (χ0) is 22.2. The maximum absolute atomic E-state index is 12.5. The lowest BCUT2D eigenvalue weighted by Gasteiger charge is -2.12. The summed E-state index contributed by atoms with van der Waals surface area (Å²) < 4.78 is 11.0. The Labute approximate surface area is 180 Å². The number of esters is 1. The van der Waals surface area contributed by atoms with Crippen molar-refractivity contribution in [1.82, 2.24) is 0 Å². The van der Waals surface area contributed by atoms with Gasteiger partial charge in [0.25, 0.3) is 5.91 Å². The first kappa shape index (κ1) is 21.8. The number of aryl methyl sites for hydroxylation is 1. The number of hydrogen-bond donors (Lipinski definition) is 1. The van der Waals surface area contributed by atoms with Gasteiger partial charge in [0, 0.05) is 5.56 Å². The molecule has 158 valence electrons. The maximum atomic E-state index is 12.5. The Kier molecular flexibility index (Phi) is 7.17. The van der Waals surface area contributed by atoms with E-state index < -0.39 is 18.5 Å². The molecule has 0 fully saturated rings. The molecular formula is C25H23NO5. The molecule has 0 aliphatic heterocycles. The molecule has 0 aromatic heterocycles. The van der Waals surface area contributed by atoms with Crippen LogP contribution in [0, 0.1) is 6.92 Å². The summed E-state index contributed by atoms with van der Waals surface area (Å²) >= 11 is 0. The van der Waals surface area contributed by atoms with Crippen molar-refractivity contribution in [2.45, 2.75) is 20.5 Å². The Hall–Kier alpha value is -3.93. The highest BCUT2D eigenvalue weighted by Crippen LogP contribution is 2.21. The minimum atomic E-state index is -0.671. The van der Waals surface area contributed by atoms with Gasteiger partial charge in [-0.25, -0.2) is 4.79 Å². The number of ketones is 1. The van der Waals surface area contributed by atoms with Gasteiger partial charge in [-0.15, -0.1) is 0 Å². The van der Waals surface area contributed by atoms with Crippen LogP contribution in [0.2, 0.25) is 0 Å². The molecule has 0 heterocycles. The Morgan fingerprint density at radius 3 is 2.32 bits per heavy atom. The van der Waals surface area contributed by atoms with Crippen molar-refractivity contribution in [3.05, 3.63) is 95.1 Å². The summed E-state index contributed by atoms with van der Waals surface area (Å²) in [5.41, 5.74) is 3.08. The van der Waals surface area contributed by atoms with Crippen LogP contribution >= 0.6 is 0 Å². The van der Waals surface area contributed by atoms with E-state index in [0.29, 0.717) is 23.6 Å². The minimum absolute atomic E-state index is 0.174. The molecular weight excluding hydrogens is 394 g/mol. The van der Waals surface area contributed by atoms with E-state index >= 15 is 0 Å². The van der Waals surface area contributed by atoms with Crippen LogP contribution in [0.5, 0.6) is 5.75 Å². The highest BCUT2D eigenvalue weighted by Gasteiger charge is 2.16. The van der Waals surface area contributed by atoms with Crippen LogP contribution < -0.4 is 10.1 Å². The van der Waals surface area contributed by atoms with Crippen molar-refractivity contribution in [2.75, 3.05) is 11.9 Å². The number of para-hydroxylation sites is 2. The third-order valence-electron chi connectivity index (χ3n) is 4.50. The van der Waals surface area contributed by atoms with Crippen molar-refractivity contribution in [3.63, 3.8) is 0 Å². The molecule has 0 aliphatic carbocycles. The molecule has 3 aromatic rings. The second kappa shape index (κ2) is 10.2. The number of carbonyl (C=O) groups excluding carboxylic acids is 3. The third-order valence-corrected chi connectivity index (χ3v) is 4.50. The van der Waals surface area contributed by atoms with Crippen LogP contribution in [0.1, 0.15) is 38.8 Å². The largest absolute Gasteiger partial charge is 0.488 e. The summed E-state index contributed by atoms with van der Waals surface area (Å²) in [6.45, 7) is 3.22. The van der Waals surface area contributed by atoms with Crippen LogP contribution in [-0.2, 0) is 16.1 Å². The van der Waals surface area contributed by atoms with Crippen molar-refractivity contribution in [1.29, 1.82) is 0 Å². The number of nitrogens with one attached hydrogen (secondary N) is 1. The molecule has 0 saturated carbocycles. The van der Waals surface area contributed by atoms with E-state index in [1.54, 1.807) is 48.5 Å². The molecule has 0 unspecified atom stereocenters. The fourth-order valence-corrected chi connectivity index (χ4v) is 3.02. The summed E-state index contributed by atoms with van der Waals surface area (Å²) in [6, 6.07) is 21.2. The van der Waals surface area contributed by atoms with Crippen molar-refractivity contribution < 1.29 is 23.9 Å². The van der Waals surface area contributed by atoms with Crippen LogP contribution in [0.3, 0.4) is 0 Å². The molecule has 6 nitrogen and oxygen atoms in total. The van der Waals surface area contributed by atoms with Crippen molar-refractivity contribution in [2.24, 2.45) is 0 Å². The SMILES string of the molecule is CC(=O)c1ccccc1NC(=O)COC(=O)c1ccccc1OCc1cccc(C)c1. The van der Waals surface area contributed by atoms with Crippen molar-refractivity contribution >= 4 is 23.3 Å². The second-order valence-corrected chi connectivity index (χ2v) is 7.00. The summed E-state index contributed by atoms with van der Waals surface area (Å²) in [6.07, 6.45) is 0. The molecule has 0 atom stereocenters. The van der Waals surface area contributed by atoms with Gasteiger partial charge in [-0.3, -0.25) is 9.59 Å². The summed E-state index contributed by atoms with van der Waals surface area (Å²) in [7, 11) is 0.